The van der Waals surface area contributed by atoms with Crippen LogP contribution in [0.3, 0.4) is 0 Å². The van der Waals surface area contributed by atoms with Gasteiger partial charge in [0.1, 0.15) is 17.2 Å². The van der Waals surface area contributed by atoms with Crippen molar-refractivity contribution >= 4 is 41.6 Å². The minimum atomic E-state index is -0.748. The summed E-state index contributed by atoms with van der Waals surface area (Å²) in [5.41, 5.74) is 2.93. The van der Waals surface area contributed by atoms with E-state index >= 15 is 8.78 Å². The average Bonchev–Trinajstić information content (AvgIpc) is 3.49. The molecule has 9 heteroatoms. The number of anilines is 1. The molecule has 3 heterocycles. The summed E-state index contributed by atoms with van der Waals surface area (Å²) >= 11 is 6.69. The van der Waals surface area contributed by atoms with Crippen molar-refractivity contribution in [3.05, 3.63) is 87.4 Å². The van der Waals surface area contributed by atoms with E-state index in [9.17, 15) is 10.1 Å². The molecule has 1 saturated heterocycles. The zero-order chi connectivity index (χ0) is 29.3. The van der Waals surface area contributed by atoms with Crippen LogP contribution < -0.4 is 10.4 Å². The van der Waals surface area contributed by atoms with Gasteiger partial charge in [0.25, 0.3) is 0 Å². The van der Waals surface area contributed by atoms with Crippen molar-refractivity contribution in [1.29, 1.82) is 5.26 Å². The lowest BCUT2D eigenvalue weighted by atomic mass is 9.48. The van der Waals surface area contributed by atoms with Crippen LogP contribution in [0.4, 0.5) is 19.3 Å². The van der Waals surface area contributed by atoms with E-state index in [4.69, 9.17) is 16.3 Å². The van der Waals surface area contributed by atoms with E-state index in [1.165, 1.54) is 6.07 Å². The number of nitrogens with zero attached hydrogens (tertiary/aromatic N) is 3. The monoisotopic (exact) mass is 571 g/mol. The highest BCUT2D eigenvalue weighted by atomic mass is 35.5. The van der Waals surface area contributed by atoms with Crippen LogP contribution in [0.25, 0.3) is 17.2 Å². The van der Waals surface area contributed by atoms with Gasteiger partial charge < -0.3 is 14.5 Å². The molecule has 0 aliphatic carbocycles. The van der Waals surface area contributed by atoms with Gasteiger partial charge in [-0.15, -0.1) is 0 Å². The highest BCUT2D eigenvalue weighted by Gasteiger charge is 2.51. The van der Waals surface area contributed by atoms with Crippen LogP contribution in [0.5, 0.6) is 0 Å². The van der Waals surface area contributed by atoms with Gasteiger partial charge in [-0.2, -0.15) is 0 Å². The Balaban J connectivity index is 1.54. The van der Waals surface area contributed by atoms with Gasteiger partial charge in [0.2, 0.25) is 0 Å². The lowest BCUT2D eigenvalue weighted by Gasteiger charge is -2.48. The molecule has 1 atom stereocenters. The smallest absolute Gasteiger partial charge is 0.410 e. The lowest BCUT2D eigenvalue weighted by molar-refractivity contribution is 0.0164. The zero-order valence-electron chi connectivity index (χ0n) is 23.4. The fourth-order valence-electron chi connectivity index (χ4n) is 6.60. The van der Waals surface area contributed by atoms with Crippen molar-refractivity contribution < 1.29 is 18.3 Å². The van der Waals surface area contributed by atoms with Gasteiger partial charge in [-0.05, 0) is 61.5 Å². The molecule has 0 radical (unpaired) electrons. The normalized spacial score (nSPS) is 19.1. The molecule has 1 fully saturated rings. The van der Waals surface area contributed by atoms with Gasteiger partial charge >= 0.3 is 12.8 Å². The topological polar surface area (TPSA) is 56.6 Å². The van der Waals surface area contributed by atoms with E-state index < -0.39 is 35.6 Å². The summed E-state index contributed by atoms with van der Waals surface area (Å²) < 4.78 is 37.8. The molecule has 0 saturated carbocycles. The molecule has 208 valence electrons. The van der Waals surface area contributed by atoms with Crippen molar-refractivity contribution in [2.75, 3.05) is 24.5 Å². The van der Waals surface area contributed by atoms with Crippen LogP contribution in [0.2, 0.25) is 5.02 Å². The van der Waals surface area contributed by atoms with Crippen molar-refractivity contribution in [2.45, 2.75) is 45.3 Å². The Hall–Kier alpha value is -3.83. The third-order valence-electron chi connectivity index (χ3n) is 8.29. The number of rotatable bonds is 2. The fraction of sp³-hybridized carbons (Fsp3) is 0.312. The first-order valence-corrected chi connectivity index (χ1v) is 14.1. The molecular formula is C32H29BClF2N3O2. The predicted octanol–water partition coefficient (Wildman–Crippen LogP) is 6.43. The number of benzene rings is 3. The Labute approximate surface area is 244 Å². The third kappa shape index (κ3) is 4.30. The Bertz CT molecular complexity index is 1660. The van der Waals surface area contributed by atoms with Crippen LogP contribution in [0.1, 0.15) is 43.0 Å². The van der Waals surface area contributed by atoms with Crippen LogP contribution in [-0.4, -0.2) is 42.9 Å². The number of hydrogen-bond donors (Lipinski definition) is 0. The first-order valence-electron chi connectivity index (χ1n) is 13.7. The van der Waals surface area contributed by atoms with E-state index in [2.05, 4.69) is 10.9 Å². The van der Waals surface area contributed by atoms with Gasteiger partial charge in [0.15, 0.2) is 0 Å². The van der Waals surface area contributed by atoms with E-state index in [1.807, 2.05) is 57.2 Å². The average molecular weight is 572 g/mol. The SMILES string of the molecule is Cc1cc2c(c(F)c1-c1c(Cl)c(F)cc3c1CC1(c4ccccc4)CN(C(=O)OC(C)(C)C)CCN31)B(C#N)C=C2. The summed E-state index contributed by atoms with van der Waals surface area (Å²) in [6, 6.07) is 13.0. The summed E-state index contributed by atoms with van der Waals surface area (Å²) in [4.78, 5) is 17.0. The fourth-order valence-corrected chi connectivity index (χ4v) is 6.87. The van der Waals surface area contributed by atoms with E-state index in [0.29, 0.717) is 54.0 Å². The number of halogens is 3. The predicted molar refractivity (Wildman–Crippen MR) is 159 cm³/mol. The van der Waals surface area contributed by atoms with E-state index in [1.54, 1.807) is 23.9 Å². The highest BCUT2D eigenvalue weighted by Crippen LogP contribution is 2.53. The summed E-state index contributed by atoms with van der Waals surface area (Å²) in [5.74, 6) is 2.62. The Morgan fingerprint density at radius 2 is 1.88 bits per heavy atom. The first kappa shape index (κ1) is 27.3. The second kappa shape index (κ2) is 9.63. The summed E-state index contributed by atoms with van der Waals surface area (Å²) in [7, 11) is 0. The quantitative estimate of drug-likeness (QED) is 0.333. The molecule has 3 aromatic rings. The third-order valence-corrected chi connectivity index (χ3v) is 8.66. The second-order valence-electron chi connectivity index (χ2n) is 12.0. The van der Waals surface area contributed by atoms with Crippen molar-refractivity contribution in [3.63, 3.8) is 0 Å². The number of hydrogen-bond acceptors (Lipinski definition) is 4. The van der Waals surface area contributed by atoms with Crippen LogP contribution in [0, 0.1) is 29.8 Å². The van der Waals surface area contributed by atoms with E-state index in [-0.39, 0.29) is 16.0 Å². The standard InChI is InChI=1S/C32H29BClF2N3O2/c1-19-14-20-10-11-33(18-37)27(20)29(36)25(19)26-22-16-32(21-8-6-5-7-9-21)17-38(30(40)41-31(2,3)4)12-13-39(32)24(22)15-23(35)28(26)34/h5-11,14-15H,12-13,16-17H2,1-4H3. The van der Waals surface area contributed by atoms with Gasteiger partial charge in [0.05, 0.1) is 17.1 Å². The molecular weight excluding hydrogens is 543 g/mol. The number of nitriles is 1. The van der Waals surface area contributed by atoms with Crippen molar-refractivity contribution in [1.82, 2.24) is 4.90 Å². The molecule has 0 spiro atoms. The highest BCUT2D eigenvalue weighted by molar-refractivity contribution is 6.87. The summed E-state index contributed by atoms with van der Waals surface area (Å²) in [6.45, 7) is 7.64. The Kier molecular flexibility index (Phi) is 6.42. The van der Waals surface area contributed by atoms with Crippen LogP contribution >= 0.6 is 11.6 Å². The molecule has 3 aliphatic rings. The number of fused-ring (bicyclic) bond motifs is 4. The Morgan fingerprint density at radius 3 is 2.56 bits per heavy atom. The number of carbonyl (C=O) groups is 1. The van der Waals surface area contributed by atoms with Gasteiger partial charge in [0, 0.05) is 42.3 Å². The molecule has 1 unspecified atom stereocenters. The molecule has 3 aromatic carbocycles. The largest absolute Gasteiger partial charge is 0.444 e. The van der Waals surface area contributed by atoms with Gasteiger partial charge in [-0.1, -0.05) is 60.1 Å². The van der Waals surface area contributed by atoms with Crippen molar-refractivity contribution in [3.8, 4) is 17.1 Å². The Morgan fingerprint density at radius 1 is 1.15 bits per heavy atom. The van der Waals surface area contributed by atoms with Crippen molar-refractivity contribution in [2.24, 2.45) is 0 Å². The molecule has 41 heavy (non-hydrogen) atoms. The number of aryl methyl sites for hydroxylation is 1. The van der Waals surface area contributed by atoms with Crippen LogP contribution in [-0.2, 0) is 16.7 Å². The van der Waals surface area contributed by atoms with Gasteiger partial charge in [-0.25, -0.2) is 18.8 Å². The molecule has 3 aliphatic heterocycles. The maximum atomic E-state index is 16.4. The number of piperazine rings is 1. The minimum absolute atomic E-state index is 0.155. The minimum Gasteiger partial charge on any atom is -0.444 e. The summed E-state index contributed by atoms with van der Waals surface area (Å²) in [6.07, 6.45) is 1.71. The molecule has 0 N–H and O–H groups in total. The first-order chi connectivity index (χ1) is 19.4. The molecule has 0 bridgehead atoms. The maximum Gasteiger partial charge on any atom is 0.410 e. The molecule has 6 rings (SSSR count). The zero-order valence-corrected chi connectivity index (χ0v) is 24.1. The molecule has 1 amide bonds. The maximum absolute atomic E-state index is 16.4. The number of amides is 1. The van der Waals surface area contributed by atoms with Gasteiger partial charge in [-0.3, -0.25) is 0 Å². The van der Waals surface area contributed by atoms with E-state index in [0.717, 1.165) is 5.56 Å². The molecule has 5 nitrogen and oxygen atoms in total. The second-order valence-corrected chi connectivity index (χ2v) is 12.4. The lowest BCUT2D eigenvalue weighted by Crippen LogP contribution is -2.60. The number of ether oxygens (including phenoxy) is 1. The number of carbonyl (C=O) groups excluding carboxylic acids is 1. The van der Waals surface area contributed by atoms with Crippen LogP contribution in [0.15, 0.2) is 48.4 Å². The molecule has 0 aromatic heterocycles. The summed E-state index contributed by atoms with van der Waals surface area (Å²) in [5, 5.41) is 9.50.